The van der Waals surface area contributed by atoms with E-state index in [4.69, 9.17) is 4.74 Å². The summed E-state index contributed by atoms with van der Waals surface area (Å²) in [4.78, 5) is 11.4. The zero-order chi connectivity index (χ0) is 22.0. The first-order valence-electron chi connectivity index (χ1n) is 11.7. The molecule has 1 aromatic rings. The lowest BCUT2D eigenvalue weighted by Gasteiger charge is -2.24. The van der Waals surface area contributed by atoms with Gasteiger partial charge in [0, 0.05) is 5.75 Å². The quantitative estimate of drug-likeness (QED) is 0.223. The topological polar surface area (TPSA) is 66.8 Å². The molecule has 2 unspecified atom stereocenters. The highest BCUT2D eigenvalue weighted by atomic mass is 32.2. The molecule has 2 N–H and O–H groups in total. The van der Waals surface area contributed by atoms with Gasteiger partial charge in [-0.15, -0.1) is 0 Å². The lowest BCUT2D eigenvalue weighted by molar-refractivity contribution is -0.140. The molecule has 4 nitrogen and oxygen atoms in total. The predicted molar refractivity (Wildman–Crippen MR) is 127 cm³/mol. The van der Waals surface area contributed by atoms with Crippen molar-refractivity contribution in [1.29, 1.82) is 0 Å². The van der Waals surface area contributed by atoms with Gasteiger partial charge >= 0.3 is 5.97 Å². The van der Waals surface area contributed by atoms with Crippen molar-refractivity contribution in [1.82, 2.24) is 0 Å². The number of aliphatic hydroxyl groups is 2. The van der Waals surface area contributed by atoms with Crippen LogP contribution < -0.4 is 0 Å². The van der Waals surface area contributed by atoms with Crippen LogP contribution in [0.2, 0.25) is 0 Å². The molecule has 2 atom stereocenters. The van der Waals surface area contributed by atoms with E-state index < -0.39 is 6.10 Å². The Labute approximate surface area is 187 Å². The third-order valence-electron chi connectivity index (χ3n) is 5.53. The van der Waals surface area contributed by atoms with Crippen LogP contribution in [-0.2, 0) is 16.0 Å². The zero-order valence-electron chi connectivity index (χ0n) is 19.0. The number of benzene rings is 1. The molecule has 0 aliphatic carbocycles. The van der Waals surface area contributed by atoms with E-state index in [1.165, 1.54) is 82.2 Å². The lowest BCUT2D eigenvalue weighted by atomic mass is 9.96. The number of rotatable bonds is 18. The van der Waals surface area contributed by atoms with Gasteiger partial charge in [-0.25, -0.2) is 0 Å². The largest absolute Gasteiger partial charge is 0.469 e. The van der Waals surface area contributed by atoms with E-state index in [9.17, 15) is 15.0 Å². The van der Waals surface area contributed by atoms with Gasteiger partial charge < -0.3 is 14.9 Å². The average molecular weight is 439 g/mol. The summed E-state index contributed by atoms with van der Waals surface area (Å²) < 4.78 is 4.70. The van der Waals surface area contributed by atoms with Gasteiger partial charge in [0.2, 0.25) is 0 Å². The van der Waals surface area contributed by atoms with E-state index in [1.54, 1.807) is 0 Å². The number of ether oxygens (including phenoxy) is 1. The molecular weight excluding hydrogens is 396 g/mol. The van der Waals surface area contributed by atoms with E-state index in [1.807, 2.05) is 18.2 Å². The summed E-state index contributed by atoms with van der Waals surface area (Å²) >= 11 is 1.51. The van der Waals surface area contributed by atoms with Crippen molar-refractivity contribution in [3.8, 4) is 0 Å². The summed E-state index contributed by atoms with van der Waals surface area (Å²) in [7, 11) is 1.38. The minimum Gasteiger partial charge on any atom is -0.469 e. The molecule has 0 spiro atoms. The number of esters is 1. The van der Waals surface area contributed by atoms with Crippen molar-refractivity contribution < 1.29 is 19.7 Å². The van der Waals surface area contributed by atoms with Crippen LogP contribution in [0.15, 0.2) is 24.3 Å². The highest BCUT2D eigenvalue weighted by molar-refractivity contribution is 7.99. The fourth-order valence-corrected chi connectivity index (χ4v) is 4.97. The fourth-order valence-electron chi connectivity index (χ4n) is 3.72. The maximum absolute atomic E-state index is 11.4. The summed E-state index contributed by atoms with van der Waals surface area (Å²) in [5.41, 5.74) is 2.31. The second-order valence-electron chi connectivity index (χ2n) is 8.00. The van der Waals surface area contributed by atoms with E-state index in [0.29, 0.717) is 12.2 Å². The van der Waals surface area contributed by atoms with Gasteiger partial charge in [0.05, 0.1) is 31.5 Å². The number of methoxy groups -OCH3 is 1. The van der Waals surface area contributed by atoms with Crippen molar-refractivity contribution in [2.45, 2.75) is 95.3 Å². The number of thioether (sulfide) groups is 1. The third-order valence-corrected chi connectivity index (χ3v) is 6.90. The van der Waals surface area contributed by atoms with Crippen LogP contribution in [0.25, 0.3) is 0 Å². The van der Waals surface area contributed by atoms with Crippen molar-refractivity contribution in [3.05, 3.63) is 35.4 Å². The molecule has 0 radical (unpaired) electrons. The second-order valence-corrected chi connectivity index (χ2v) is 9.25. The highest BCUT2D eigenvalue weighted by Crippen LogP contribution is 2.35. The maximum atomic E-state index is 11.4. The van der Waals surface area contributed by atoms with Crippen LogP contribution >= 0.6 is 11.8 Å². The molecule has 0 fully saturated rings. The Morgan fingerprint density at radius 3 is 2.20 bits per heavy atom. The lowest BCUT2D eigenvalue weighted by Crippen LogP contribution is -2.22. The smallest absolute Gasteiger partial charge is 0.306 e. The van der Waals surface area contributed by atoms with Crippen molar-refractivity contribution in [2.24, 2.45) is 0 Å². The predicted octanol–water partition coefficient (Wildman–Crippen LogP) is 5.84. The minimum absolute atomic E-state index is 0.237. The van der Waals surface area contributed by atoms with Crippen molar-refractivity contribution in [2.75, 3.05) is 19.5 Å². The molecule has 30 heavy (non-hydrogen) atoms. The molecule has 0 saturated carbocycles. The van der Waals surface area contributed by atoms with Crippen LogP contribution in [0.1, 0.15) is 93.9 Å². The Hall–Kier alpha value is -1.04. The Balaban J connectivity index is 2.46. The number of aliphatic hydroxyl groups excluding tert-OH is 2. The summed E-state index contributed by atoms with van der Waals surface area (Å²) in [6.45, 7) is 1.97. The number of carbonyl (C=O) groups is 1. The van der Waals surface area contributed by atoms with E-state index in [2.05, 4.69) is 13.0 Å². The number of aryl methyl sites for hydroxylation is 1. The molecule has 172 valence electrons. The standard InChI is InChI=1S/C25H42O4S/c1-3-4-5-6-7-8-9-10-11-12-15-21-16-13-14-17-22(21)25(23(27)20-26)30-19-18-24(28)29-2/h13-14,16-17,23,25-27H,3-12,15,18-20H2,1-2H3. The molecule has 1 rings (SSSR count). The number of hydrogen-bond donors (Lipinski definition) is 2. The van der Waals surface area contributed by atoms with Crippen LogP contribution in [0, 0.1) is 0 Å². The van der Waals surface area contributed by atoms with Crippen molar-refractivity contribution in [3.63, 3.8) is 0 Å². The zero-order valence-corrected chi connectivity index (χ0v) is 19.8. The first kappa shape index (κ1) is 27.0. The molecule has 0 amide bonds. The molecule has 0 aliphatic heterocycles. The number of unbranched alkanes of at least 4 members (excludes halogenated alkanes) is 9. The Kier molecular flexibility index (Phi) is 15.9. The summed E-state index contributed by atoms with van der Waals surface area (Å²) in [5, 5.41) is 19.7. The molecule has 0 aliphatic rings. The van der Waals surface area contributed by atoms with E-state index in [-0.39, 0.29) is 17.8 Å². The maximum Gasteiger partial charge on any atom is 0.306 e. The Morgan fingerprint density at radius 2 is 1.60 bits per heavy atom. The molecule has 0 heterocycles. The molecular formula is C25H42O4S. The van der Waals surface area contributed by atoms with E-state index >= 15 is 0 Å². The Morgan fingerprint density at radius 1 is 1.00 bits per heavy atom. The Bertz CT molecular complexity index is 564. The van der Waals surface area contributed by atoms with E-state index in [0.717, 1.165) is 18.4 Å². The average Bonchev–Trinajstić information content (AvgIpc) is 2.77. The minimum atomic E-state index is -0.846. The monoisotopic (exact) mass is 438 g/mol. The van der Waals surface area contributed by atoms with Crippen LogP contribution in [0.3, 0.4) is 0 Å². The normalized spacial score (nSPS) is 13.2. The summed E-state index contributed by atoms with van der Waals surface area (Å²) in [6, 6.07) is 8.19. The number of carbonyl (C=O) groups excluding carboxylic acids is 1. The van der Waals surface area contributed by atoms with Gasteiger partial charge in [0.1, 0.15) is 0 Å². The van der Waals surface area contributed by atoms with Crippen molar-refractivity contribution >= 4 is 17.7 Å². The highest BCUT2D eigenvalue weighted by Gasteiger charge is 2.23. The number of hydrogen-bond acceptors (Lipinski definition) is 5. The molecule has 1 aromatic carbocycles. The molecule has 0 aromatic heterocycles. The van der Waals surface area contributed by atoms with Crippen LogP contribution in [0.5, 0.6) is 0 Å². The first-order valence-corrected chi connectivity index (χ1v) is 12.7. The molecule has 0 bridgehead atoms. The van der Waals surface area contributed by atoms with Crippen LogP contribution in [-0.4, -0.2) is 41.8 Å². The summed E-state index contributed by atoms with van der Waals surface area (Å²) in [5.74, 6) is 0.305. The third kappa shape index (κ3) is 11.4. The van der Waals surface area contributed by atoms with Gasteiger partial charge in [-0.05, 0) is 24.0 Å². The van der Waals surface area contributed by atoms with Gasteiger partial charge in [-0.1, -0.05) is 89.0 Å². The van der Waals surface area contributed by atoms with Gasteiger partial charge in [-0.2, -0.15) is 11.8 Å². The summed E-state index contributed by atoms with van der Waals surface area (Å²) in [6.07, 6.45) is 13.6. The first-order chi connectivity index (χ1) is 14.6. The van der Waals surface area contributed by atoms with Crippen LogP contribution in [0.4, 0.5) is 0 Å². The molecule has 0 saturated heterocycles. The molecule has 5 heteroatoms. The second kappa shape index (κ2) is 17.6. The SMILES string of the molecule is CCCCCCCCCCCCc1ccccc1C(SCCC(=O)OC)C(O)CO. The van der Waals surface area contributed by atoms with Gasteiger partial charge in [0.15, 0.2) is 0 Å². The van der Waals surface area contributed by atoms with Gasteiger partial charge in [-0.3, -0.25) is 4.79 Å². The fraction of sp³-hybridized carbons (Fsp3) is 0.720. The van der Waals surface area contributed by atoms with Gasteiger partial charge in [0.25, 0.3) is 0 Å².